The minimum atomic E-state index is -0.259. The van der Waals surface area contributed by atoms with E-state index in [4.69, 9.17) is 5.11 Å². The second-order valence-electron chi connectivity index (χ2n) is 4.73. The molecule has 0 aromatic heterocycles. The van der Waals surface area contributed by atoms with Gasteiger partial charge in [0.2, 0.25) is 6.41 Å². The van der Waals surface area contributed by atoms with E-state index in [0.29, 0.717) is 5.56 Å². The molecule has 0 saturated carbocycles. The molecule has 2 aromatic carbocycles. The van der Waals surface area contributed by atoms with E-state index in [9.17, 15) is 9.59 Å². The number of amides is 2. The van der Waals surface area contributed by atoms with Crippen LogP contribution >= 0.6 is 0 Å². The van der Waals surface area contributed by atoms with E-state index < -0.39 is 0 Å². The molecule has 0 aliphatic carbocycles. The topological polar surface area (TPSA) is 82.0 Å². The quantitative estimate of drug-likeness (QED) is 0.513. The number of phenols is 1. The summed E-state index contributed by atoms with van der Waals surface area (Å²) < 4.78 is 0. The molecule has 2 N–H and O–H groups in total. The van der Waals surface area contributed by atoms with Crippen LogP contribution in [0.4, 0.5) is 0 Å². The van der Waals surface area contributed by atoms with Gasteiger partial charge in [-0.2, -0.15) is 5.10 Å². The van der Waals surface area contributed by atoms with Gasteiger partial charge in [0, 0.05) is 19.7 Å². The van der Waals surface area contributed by atoms with Crippen LogP contribution in [0, 0.1) is 0 Å². The molecule has 120 valence electrons. The summed E-state index contributed by atoms with van der Waals surface area (Å²) in [6.07, 6.45) is 2.26. The summed E-state index contributed by atoms with van der Waals surface area (Å²) in [6, 6.07) is 15.4. The third-order valence-electron chi connectivity index (χ3n) is 2.52. The summed E-state index contributed by atoms with van der Waals surface area (Å²) in [5, 5.41) is 12.9. The number of aromatic hydroxyl groups is 1. The van der Waals surface area contributed by atoms with Crippen LogP contribution in [0.3, 0.4) is 0 Å². The Hall–Kier alpha value is -3.15. The molecule has 0 saturated heterocycles. The molecule has 6 nitrogen and oxygen atoms in total. The molecular formula is C17H19N3O3. The van der Waals surface area contributed by atoms with Crippen LogP contribution in [-0.2, 0) is 4.79 Å². The predicted octanol–water partition coefficient (Wildman–Crippen LogP) is 1.86. The fourth-order valence-corrected chi connectivity index (χ4v) is 1.38. The minimum Gasteiger partial charge on any atom is -0.508 e. The summed E-state index contributed by atoms with van der Waals surface area (Å²) in [7, 11) is 3.38. The maximum Gasteiger partial charge on any atom is 0.271 e. The van der Waals surface area contributed by atoms with Crippen molar-refractivity contribution in [2.75, 3.05) is 14.1 Å². The van der Waals surface area contributed by atoms with Gasteiger partial charge in [-0.05, 0) is 42.0 Å². The van der Waals surface area contributed by atoms with Crippen molar-refractivity contribution >= 4 is 18.5 Å². The first-order chi connectivity index (χ1) is 11.0. The van der Waals surface area contributed by atoms with Gasteiger partial charge < -0.3 is 10.0 Å². The number of hydrogen-bond donors (Lipinski definition) is 2. The number of carbonyl (C=O) groups excluding carboxylic acids is 2. The van der Waals surface area contributed by atoms with Crippen LogP contribution in [0.1, 0.15) is 15.9 Å². The van der Waals surface area contributed by atoms with Gasteiger partial charge in [-0.15, -0.1) is 0 Å². The Kier molecular flexibility index (Phi) is 7.57. The lowest BCUT2D eigenvalue weighted by molar-refractivity contribution is -0.115. The van der Waals surface area contributed by atoms with E-state index in [0.717, 1.165) is 12.0 Å². The van der Waals surface area contributed by atoms with Gasteiger partial charge in [-0.25, -0.2) is 5.43 Å². The number of rotatable bonds is 4. The summed E-state index contributed by atoms with van der Waals surface area (Å²) in [6.45, 7) is 0. The second-order valence-corrected chi connectivity index (χ2v) is 4.73. The molecule has 23 heavy (non-hydrogen) atoms. The van der Waals surface area contributed by atoms with Crippen LogP contribution in [0.5, 0.6) is 5.75 Å². The molecule has 0 atom stereocenters. The number of hydrogen-bond acceptors (Lipinski definition) is 4. The number of carbonyl (C=O) groups is 2. The fraction of sp³-hybridized carbons (Fsp3) is 0.118. The summed E-state index contributed by atoms with van der Waals surface area (Å²) in [4.78, 5) is 22.5. The Bertz CT molecular complexity index is 638. The third kappa shape index (κ3) is 7.42. The number of nitrogens with zero attached hydrogens (tertiary/aromatic N) is 2. The SMILES string of the molecule is CN(C)C=O.O=C(N/N=C/c1ccc(O)cc1)c1ccccc1. The van der Waals surface area contributed by atoms with E-state index in [2.05, 4.69) is 10.5 Å². The smallest absolute Gasteiger partial charge is 0.271 e. The van der Waals surface area contributed by atoms with E-state index in [1.165, 1.54) is 11.1 Å². The van der Waals surface area contributed by atoms with E-state index in [1.54, 1.807) is 62.6 Å². The minimum absolute atomic E-state index is 0.195. The first-order valence-electron chi connectivity index (χ1n) is 6.82. The van der Waals surface area contributed by atoms with Crippen LogP contribution in [0.15, 0.2) is 59.7 Å². The molecule has 0 fully saturated rings. The number of nitrogens with one attached hydrogen (secondary N) is 1. The van der Waals surface area contributed by atoms with Gasteiger partial charge in [0.15, 0.2) is 0 Å². The van der Waals surface area contributed by atoms with Crippen LogP contribution in [0.2, 0.25) is 0 Å². The number of benzene rings is 2. The summed E-state index contributed by atoms with van der Waals surface area (Å²) in [5.41, 5.74) is 3.78. The molecule has 0 heterocycles. The van der Waals surface area contributed by atoms with Crippen molar-refractivity contribution in [3.63, 3.8) is 0 Å². The predicted molar refractivity (Wildman–Crippen MR) is 89.4 cm³/mol. The molecule has 2 rings (SSSR count). The largest absolute Gasteiger partial charge is 0.508 e. The van der Waals surface area contributed by atoms with Gasteiger partial charge >= 0.3 is 0 Å². The fourth-order valence-electron chi connectivity index (χ4n) is 1.38. The zero-order valence-electron chi connectivity index (χ0n) is 13.0. The van der Waals surface area contributed by atoms with E-state index in [1.807, 2.05) is 6.07 Å². The average molecular weight is 313 g/mol. The second kappa shape index (κ2) is 9.73. The molecule has 0 aliphatic heterocycles. The Morgan fingerprint density at radius 3 is 2.17 bits per heavy atom. The van der Waals surface area contributed by atoms with E-state index >= 15 is 0 Å². The molecule has 0 spiro atoms. The molecule has 0 unspecified atom stereocenters. The van der Waals surface area contributed by atoms with Crippen molar-refractivity contribution in [2.24, 2.45) is 5.10 Å². The molecule has 0 radical (unpaired) electrons. The molecular weight excluding hydrogens is 294 g/mol. The van der Waals surface area contributed by atoms with Crippen LogP contribution < -0.4 is 5.43 Å². The van der Waals surface area contributed by atoms with Gasteiger partial charge in [0.1, 0.15) is 5.75 Å². The standard InChI is InChI=1S/C14H12N2O2.C3H7NO/c17-13-8-6-11(7-9-13)10-15-16-14(18)12-4-2-1-3-5-12;1-4(2)3-5/h1-10,17H,(H,16,18);3H,1-2H3/b15-10+;. The zero-order chi connectivity index (χ0) is 17.1. The summed E-state index contributed by atoms with van der Waals surface area (Å²) in [5.74, 6) is -0.0638. The molecule has 6 heteroatoms. The lowest BCUT2D eigenvalue weighted by atomic mass is 10.2. The average Bonchev–Trinajstić information content (AvgIpc) is 2.58. The van der Waals surface area contributed by atoms with Gasteiger partial charge in [0.05, 0.1) is 6.21 Å². The highest BCUT2D eigenvalue weighted by Crippen LogP contribution is 2.07. The Morgan fingerprint density at radius 1 is 1.09 bits per heavy atom. The van der Waals surface area contributed by atoms with Crippen molar-refractivity contribution in [2.45, 2.75) is 0 Å². The van der Waals surface area contributed by atoms with Crippen molar-refractivity contribution in [3.8, 4) is 5.75 Å². The lowest BCUT2D eigenvalue weighted by Crippen LogP contribution is -2.17. The maximum atomic E-state index is 11.6. The Labute approximate surface area is 135 Å². The Balaban J connectivity index is 0.000000463. The van der Waals surface area contributed by atoms with Gasteiger partial charge in [0.25, 0.3) is 5.91 Å². The molecule has 2 aromatic rings. The normalized spacial score (nSPS) is 9.65. The molecule has 0 bridgehead atoms. The van der Waals surface area contributed by atoms with Gasteiger partial charge in [-0.3, -0.25) is 9.59 Å². The Morgan fingerprint density at radius 2 is 1.65 bits per heavy atom. The van der Waals surface area contributed by atoms with Crippen molar-refractivity contribution in [1.82, 2.24) is 10.3 Å². The van der Waals surface area contributed by atoms with Crippen molar-refractivity contribution in [1.29, 1.82) is 0 Å². The third-order valence-corrected chi connectivity index (χ3v) is 2.52. The lowest BCUT2D eigenvalue weighted by Gasteiger charge is -1.98. The molecule has 2 amide bonds. The number of phenolic OH excluding ortho intramolecular Hbond substituents is 1. The highest BCUT2D eigenvalue weighted by molar-refractivity contribution is 5.94. The zero-order valence-corrected chi connectivity index (χ0v) is 13.0. The number of hydrazone groups is 1. The van der Waals surface area contributed by atoms with Crippen molar-refractivity contribution < 1.29 is 14.7 Å². The van der Waals surface area contributed by atoms with Crippen LogP contribution in [-0.4, -0.2) is 42.6 Å². The summed E-state index contributed by atoms with van der Waals surface area (Å²) >= 11 is 0. The highest BCUT2D eigenvalue weighted by Gasteiger charge is 2.01. The maximum absolute atomic E-state index is 11.6. The van der Waals surface area contributed by atoms with Crippen LogP contribution in [0.25, 0.3) is 0 Å². The molecule has 0 aliphatic rings. The van der Waals surface area contributed by atoms with Crippen molar-refractivity contribution in [3.05, 3.63) is 65.7 Å². The monoisotopic (exact) mass is 313 g/mol. The van der Waals surface area contributed by atoms with Gasteiger partial charge in [-0.1, -0.05) is 18.2 Å². The highest BCUT2D eigenvalue weighted by atomic mass is 16.3. The van der Waals surface area contributed by atoms with E-state index in [-0.39, 0.29) is 11.7 Å². The first kappa shape index (κ1) is 17.9. The first-order valence-corrected chi connectivity index (χ1v) is 6.82.